The summed E-state index contributed by atoms with van der Waals surface area (Å²) >= 11 is 3.11. The summed E-state index contributed by atoms with van der Waals surface area (Å²) in [7, 11) is 0. The van der Waals surface area contributed by atoms with Gasteiger partial charge in [-0.05, 0) is 17.7 Å². The van der Waals surface area contributed by atoms with Crippen molar-refractivity contribution in [1.82, 2.24) is 0 Å². The number of hydrogen-bond acceptors (Lipinski definition) is 1. The van der Waals surface area contributed by atoms with Gasteiger partial charge >= 0.3 is 0 Å². The lowest BCUT2D eigenvalue weighted by molar-refractivity contribution is 0.281. The van der Waals surface area contributed by atoms with Gasteiger partial charge in [0.05, 0.1) is 6.61 Å². The minimum atomic E-state index is -0.302. The van der Waals surface area contributed by atoms with Crippen LogP contribution in [0.3, 0.4) is 0 Å². The first-order valence-electron chi connectivity index (χ1n) is 2.79. The van der Waals surface area contributed by atoms with E-state index in [2.05, 4.69) is 15.9 Å². The van der Waals surface area contributed by atoms with Crippen LogP contribution in [0.25, 0.3) is 0 Å². The summed E-state index contributed by atoms with van der Waals surface area (Å²) in [6.07, 6.45) is 0. The van der Waals surface area contributed by atoms with Gasteiger partial charge in [0.1, 0.15) is 5.82 Å². The van der Waals surface area contributed by atoms with Crippen LogP contribution in [-0.4, -0.2) is 5.11 Å². The molecule has 54 valence electrons. The minimum Gasteiger partial charge on any atom is -0.392 e. The van der Waals surface area contributed by atoms with Gasteiger partial charge in [-0.25, -0.2) is 4.39 Å². The van der Waals surface area contributed by atoms with Gasteiger partial charge in [-0.15, -0.1) is 0 Å². The van der Waals surface area contributed by atoms with E-state index in [1.54, 1.807) is 6.07 Å². The normalized spacial score (nSPS) is 9.90. The van der Waals surface area contributed by atoms with Crippen LogP contribution in [0.4, 0.5) is 4.39 Å². The van der Waals surface area contributed by atoms with Gasteiger partial charge in [-0.1, -0.05) is 22.0 Å². The predicted molar refractivity (Wildman–Crippen MR) is 40.0 cm³/mol. The fourth-order valence-electron chi connectivity index (χ4n) is 0.650. The van der Waals surface area contributed by atoms with E-state index >= 15 is 0 Å². The highest BCUT2D eigenvalue weighted by molar-refractivity contribution is 9.10. The van der Waals surface area contributed by atoms with Gasteiger partial charge in [-0.3, -0.25) is 0 Å². The molecule has 3 heteroatoms. The third-order valence-corrected chi connectivity index (χ3v) is 1.92. The van der Waals surface area contributed by atoms with Crippen LogP contribution in [0.15, 0.2) is 22.7 Å². The molecule has 0 saturated heterocycles. The lowest BCUT2D eigenvalue weighted by Gasteiger charge is -1.98. The molecule has 0 spiro atoms. The summed E-state index contributed by atoms with van der Waals surface area (Å²) in [5, 5.41) is 8.66. The second kappa shape index (κ2) is 3.12. The number of aliphatic hydroxyl groups excluding tert-OH is 1. The highest BCUT2D eigenvalue weighted by Crippen LogP contribution is 2.17. The monoisotopic (exact) mass is 204 g/mol. The van der Waals surface area contributed by atoms with E-state index in [1.165, 1.54) is 12.1 Å². The second-order valence-corrected chi connectivity index (χ2v) is 2.75. The molecule has 1 aromatic carbocycles. The minimum absolute atomic E-state index is 0.0686. The Hall–Kier alpha value is -0.410. The molecule has 1 N–H and O–H groups in total. The third kappa shape index (κ3) is 1.55. The van der Waals surface area contributed by atoms with Crippen molar-refractivity contribution in [3.63, 3.8) is 0 Å². The molecule has 0 unspecified atom stereocenters. The quantitative estimate of drug-likeness (QED) is 0.744. The van der Waals surface area contributed by atoms with E-state index in [4.69, 9.17) is 5.11 Å². The largest absolute Gasteiger partial charge is 0.392 e. The molecular weight excluding hydrogens is 199 g/mol. The number of benzene rings is 1. The van der Waals surface area contributed by atoms with E-state index in [-0.39, 0.29) is 12.4 Å². The maximum Gasteiger partial charge on any atom is 0.124 e. The van der Waals surface area contributed by atoms with Gasteiger partial charge < -0.3 is 5.11 Å². The van der Waals surface area contributed by atoms with Gasteiger partial charge in [0, 0.05) is 4.47 Å². The Morgan fingerprint density at radius 1 is 1.50 bits per heavy atom. The highest BCUT2D eigenvalue weighted by Gasteiger charge is 1.97. The first kappa shape index (κ1) is 7.69. The molecule has 1 aromatic rings. The average Bonchev–Trinajstić information content (AvgIpc) is 1.88. The molecular formula is C7H6BrFO. The summed E-state index contributed by atoms with van der Waals surface area (Å²) in [6.45, 7) is -0.0686. The van der Waals surface area contributed by atoms with Crippen molar-refractivity contribution in [1.29, 1.82) is 0 Å². The molecule has 0 fully saturated rings. The zero-order valence-electron chi connectivity index (χ0n) is 5.14. The summed E-state index contributed by atoms with van der Waals surface area (Å²) in [4.78, 5) is 0. The Balaban J connectivity index is 3.07. The smallest absolute Gasteiger partial charge is 0.124 e. The Morgan fingerprint density at radius 3 is 2.70 bits per heavy atom. The Kier molecular flexibility index (Phi) is 2.40. The first-order valence-corrected chi connectivity index (χ1v) is 3.58. The molecule has 0 aliphatic rings. The van der Waals surface area contributed by atoms with Crippen molar-refractivity contribution < 1.29 is 9.50 Å². The lowest BCUT2D eigenvalue weighted by Crippen LogP contribution is -1.85. The lowest BCUT2D eigenvalue weighted by atomic mass is 10.2. The van der Waals surface area contributed by atoms with Crippen LogP contribution in [0.5, 0.6) is 0 Å². The fraction of sp³-hybridized carbons (Fsp3) is 0.143. The number of hydrogen-bond donors (Lipinski definition) is 1. The maximum atomic E-state index is 12.4. The van der Waals surface area contributed by atoms with E-state index in [0.717, 1.165) is 0 Å². The first-order chi connectivity index (χ1) is 4.74. The molecule has 0 aromatic heterocycles. The SMILES string of the molecule is OCc1ccc(F)cc1Br. The van der Waals surface area contributed by atoms with Crippen LogP contribution in [0, 0.1) is 5.82 Å². The van der Waals surface area contributed by atoms with Crippen LogP contribution < -0.4 is 0 Å². The van der Waals surface area contributed by atoms with Gasteiger partial charge in [0.25, 0.3) is 0 Å². The summed E-state index contributed by atoms with van der Waals surface area (Å²) in [6, 6.07) is 4.18. The van der Waals surface area contributed by atoms with Crippen molar-refractivity contribution in [3.05, 3.63) is 34.1 Å². The second-order valence-electron chi connectivity index (χ2n) is 1.89. The van der Waals surface area contributed by atoms with E-state index in [0.29, 0.717) is 10.0 Å². The van der Waals surface area contributed by atoms with Crippen molar-refractivity contribution in [2.75, 3.05) is 0 Å². The van der Waals surface area contributed by atoms with Crippen LogP contribution in [0.1, 0.15) is 5.56 Å². The average molecular weight is 205 g/mol. The molecule has 0 bridgehead atoms. The summed E-state index contributed by atoms with van der Waals surface area (Å²) in [5.41, 5.74) is 0.696. The number of aliphatic hydroxyl groups is 1. The number of rotatable bonds is 1. The van der Waals surface area contributed by atoms with E-state index in [1.807, 2.05) is 0 Å². The molecule has 0 aliphatic heterocycles. The Morgan fingerprint density at radius 2 is 2.20 bits per heavy atom. The molecule has 0 radical (unpaired) electrons. The van der Waals surface area contributed by atoms with Crippen LogP contribution in [-0.2, 0) is 6.61 Å². The molecule has 0 saturated carbocycles. The Labute approximate surface area is 66.6 Å². The topological polar surface area (TPSA) is 20.2 Å². The molecule has 10 heavy (non-hydrogen) atoms. The number of halogens is 2. The molecule has 0 atom stereocenters. The van der Waals surface area contributed by atoms with Gasteiger partial charge in [0.15, 0.2) is 0 Å². The summed E-state index contributed by atoms with van der Waals surface area (Å²) < 4.78 is 13.0. The zero-order valence-corrected chi connectivity index (χ0v) is 6.73. The standard InChI is InChI=1S/C7H6BrFO/c8-7-3-6(9)2-1-5(7)4-10/h1-3,10H,4H2. The predicted octanol–water partition coefficient (Wildman–Crippen LogP) is 2.08. The van der Waals surface area contributed by atoms with Gasteiger partial charge in [-0.2, -0.15) is 0 Å². The third-order valence-electron chi connectivity index (χ3n) is 1.19. The Bertz CT molecular complexity index is 237. The summed E-state index contributed by atoms with van der Waals surface area (Å²) in [5.74, 6) is -0.302. The van der Waals surface area contributed by atoms with Crippen molar-refractivity contribution in [3.8, 4) is 0 Å². The van der Waals surface area contributed by atoms with Crippen LogP contribution >= 0.6 is 15.9 Å². The van der Waals surface area contributed by atoms with Crippen LogP contribution in [0.2, 0.25) is 0 Å². The highest BCUT2D eigenvalue weighted by atomic mass is 79.9. The maximum absolute atomic E-state index is 12.4. The van der Waals surface area contributed by atoms with E-state index < -0.39 is 0 Å². The van der Waals surface area contributed by atoms with Crippen molar-refractivity contribution in [2.45, 2.75) is 6.61 Å². The molecule has 1 rings (SSSR count). The van der Waals surface area contributed by atoms with Crippen molar-refractivity contribution >= 4 is 15.9 Å². The van der Waals surface area contributed by atoms with Gasteiger partial charge in [0.2, 0.25) is 0 Å². The zero-order chi connectivity index (χ0) is 7.56. The fourth-order valence-corrected chi connectivity index (χ4v) is 1.13. The molecule has 0 heterocycles. The van der Waals surface area contributed by atoms with E-state index in [9.17, 15) is 4.39 Å². The van der Waals surface area contributed by atoms with Crippen molar-refractivity contribution in [2.24, 2.45) is 0 Å². The molecule has 0 amide bonds. The molecule has 0 aliphatic carbocycles. The molecule has 1 nitrogen and oxygen atoms in total.